The SMILES string of the molecule is CC1CSc2ccc(CN)cc2N1. The normalized spacial score (nSPS) is 20.6. The predicted octanol–water partition coefficient (Wildman–Crippen LogP) is 2.05. The highest BCUT2D eigenvalue weighted by molar-refractivity contribution is 7.99. The summed E-state index contributed by atoms with van der Waals surface area (Å²) in [5.74, 6) is 1.15. The molecule has 2 nitrogen and oxygen atoms in total. The van der Waals surface area contributed by atoms with E-state index in [0.717, 1.165) is 5.75 Å². The van der Waals surface area contributed by atoms with E-state index in [0.29, 0.717) is 12.6 Å². The minimum absolute atomic E-state index is 0.561. The van der Waals surface area contributed by atoms with E-state index in [1.165, 1.54) is 16.1 Å². The summed E-state index contributed by atoms with van der Waals surface area (Å²) >= 11 is 1.91. The molecule has 3 N–H and O–H groups in total. The van der Waals surface area contributed by atoms with Crippen LogP contribution in [0.5, 0.6) is 0 Å². The Morgan fingerprint density at radius 2 is 2.46 bits per heavy atom. The van der Waals surface area contributed by atoms with Crippen molar-refractivity contribution in [2.24, 2.45) is 5.73 Å². The number of anilines is 1. The maximum Gasteiger partial charge on any atom is 0.0483 e. The molecule has 2 rings (SSSR count). The Balaban J connectivity index is 2.32. The van der Waals surface area contributed by atoms with Crippen molar-refractivity contribution in [3.63, 3.8) is 0 Å². The summed E-state index contributed by atoms with van der Waals surface area (Å²) in [6.07, 6.45) is 0. The Morgan fingerprint density at radius 3 is 3.23 bits per heavy atom. The van der Waals surface area contributed by atoms with Gasteiger partial charge in [0.25, 0.3) is 0 Å². The fourth-order valence-electron chi connectivity index (χ4n) is 1.46. The van der Waals surface area contributed by atoms with Crippen LogP contribution in [0.1, 0.15) is 12.5 Å². The van der Waals surface area contributed by atoms with Crippen LogP contribution in [0.2, 0.25) is 0 Å². The quantitative estimate of drug-likeness (QED) is 0.718. The fourth-order valence-corrected chi connectivity index (χ4v) is 2.42. The van der Waals surface area contributed by atoms with Gasteiger partial charge in [0.1, 0.15) is 0 Å². The van der Waals surface area contributed by atoms with Gasteiger partial charge in [-0.3, -0.25) is 0 Å². The molecule has 70 valence electrons. The molecule has 1 heterocycles. The number of hydrogen-bond acceptors (Lipinski definition) is 3. The molecule has 0 aliphatic carbocycles. The summed E-state index contributed by atoms with van der Waals surface area (Å²) < 4.78 is 0. The van der Waals surface area contributed by atoms with Crippen molar-refractivity contribution in [2.45, 2.75) is 24.4 Å². The van der Waals surface area contributed by atoms with Crippen LogP contribution in [0.25, 0.3) is 0 Å². The summed E-state index contributed by atoms with van der Waals surface area (Å²) in [6.45, 7) is 2.82. The Hall–Kier alpha value is -0.670. The molecular formula is C10H14N2S. The molecule has 3 heteroatoms. The van der Waals surface area contributed by atoms with E-state index in [1.54, 1.807) is 0 Å². The highest BCUT2D eigenvalue weighted by Crippen LogP contribution is 2.33. The van der Waals surface area contributed by atoms with Gasteiger partial charge in [0.15, 0.2) is 0 Å². The summed E-state index contributed by atoms with van der Waals surface area (Å²) in [4.78, 5) is 1.34. The number of nitrogens with one attached hydrogen (secondary N) is 1. The molecule has 1 aliphatic rings. The Morgan fingerprint density at radius 1 is 1.62 bits per heavy atom. The van der Waals surface area contributed by atoms with Crippen LogP contribution in [-0.2, 0) is 6.54 Å². The van der Waals surface area contributed by atoms with Crippen LogP contribution in [0.4, 0.5) is 5.69 Å². The molecule has 0 aromatic heterocycles. The van der Waals surface area contributed by atoms with Gasteiger partial charge in [-0.1, -0.05) is 6.07 Å². The molecule has 0 bridgehead atoms. The second kappa shape index (κ2) is 3.60. The average Bonchev–Trinajstić information content (AvgIpc) is 2.16. The number of hydrogen-bond donors (Lipinski definition) is 2. The number of fused-ring (bicyclic) bond motifs is 1. The second-order valence-electron chi connectivity index (χ2n) is 3.39. The zero-order valence-electron chi connectivity index (χ0n) is 7.71. The Kier molecular flexibility index (Phi) is 2.47. The highest BCUT2D eigenvalue weighted by Gasteiger charge is 2.13. The minimum Gasteiger partial charge on any atom is -0.381 e. The number of thioether (sulfide) groups is 1. The van der Waals surface area contributed by atoms with Gasteiger partial charge in [0.05, 0.1) is 0 Å². The largest absolute Gasteiger partial charge is 0.381 e. The van der Waals surface area contributed by atoms with Crippen molar-refractivity contribution in [3.8, 4) is 0 Å². The zero-order valence-corrected chi connectivity index (χ0v) is 8.53. The fraction of sp³-hybridized carbons (Fsp3) is 0.400. The summed E-state index contributed by atoms with van der Waals surface area (Å²) in [5.41, 5.74) is 8.02. The van der Waals surface area contributed by atoms with E-state index in [1.807, 2.05) is 11.8 Å². The van der Waals surface area contributed by atoms with Crippen molar-refractivity contribution in [1.29, 1.82) is 0 Å². The van der Waals surface area contributed by atoms with Gasteiger partial charge in [-0.25, -0.2) is 0 Å². The van der Waals surface area contributed by atoms with Crippen LogP contribution in [0, 0.1) is 0 Å². The van der Waals surface area contributed by atoms with Crippen molar-refractivity contribution in [2.75, 3.05) is 11.1 Å². The van der Waals surface area contributed by atoms with Crippen LogP contribution in [0.15, 0.2) is 23.1 Å². The third-order valence-electron chi connectivity index (χ3n) is 2.17. The summed E-state index contributed by atoms with van der Waals surface area (Å²) in [7, 11) is 0. The molecule has 0 saturated carbocycles. The molecule has 13 heavy (non-hydrogen) atoms. The first-order valence-electron chi connectivity index (χ1n) is 4.52. The van der Waals surface area contributed by atoms with Crippen LogP contribution >= 0.6 is 11.8 Å². The zero-order chi connectivity index (χ0) is 9.26. The summed E-state index contributed by atoms with van der Waals surface area (Å²) in [5, 5.41) is 3.46. The molecule has 0 spiro atoms. The molecule has 0 amide bonds. The molecule has 0 saturated heterocycles. The van der Waals surface area contributed by atoms with Gasteiger partial charge < -0.3 is 11.1 Å². The van der Waals surface area contributed by atoms with Gasteiger partial charge in [0.2, 0.25) is 0 Å². The number of nitrogens with two attached hydrogens (primary N) is 1. The number of benzene rings is 1. The molecule has 1 aliphatic heterocycles. The van der Waals surface area contributed by atoms with E-state index >= 15 is 0 Å². The lowest BCUT2D eigenvalue weighted by Gasteiger charge is -2.23. The standard InChI is InChI=1S/C10H14N2S/c1-7-6-13-10-3-2-8(5-11)4-9(10)12-7/h2-4,7,12H,5-6,11H2,1H3. The molecule has 0 fully saturated rings. The first-order chi connectivity index (χ1) is 6.29. The van der Waals surface area contributed by atoms with E-state index in [9.17, 15) is 0 Å². The predicted molar refractivity (Wildman–Crippen MR) is 58.1 cm³/mol. The monoisotopic (exact) mass is 194 g/mol. The minimum atomic E-state index is 0.561. The third kappa shape index (κ3) is 1.81. The van der Waals surface area contributed by atoms with Crippen LogP contribution in [-0.4, -0.2) is 11.8 Å². The highest BCUT2D eigenvalue weighted by atomic mass is 32.2. The van der Waals surface area contributed by atoms with E-state index in [4.69, 9.17) is 5.73 Å². The van der Waals surface area contributed by atoms with Crippen molar-refractivity contribution in [3.05, 3.63) is 23.8 Å². The van der Waals surface area contributed by atoms with Gasteiger partial charge >= 0.3 is 0 Å². The van der Waals surface area contributed by atoms with Gasteiger partial charge in [-0.2, -0.15) is 0 Å². The van der Waals surface area contributed by atoms with E-state index < -0.39 is 0 Å². The molecule has 1 unspecified atom stereocenters. The van der Waals surface area contributed by atoms with E-state index in [-0.39, 0.29) is 0 Å². The second-order valence-corrected chi connectivity index (χ2v) is 4.45. The topological polar surface area (TPSA) is 38.0 Å². The summed E-state index contributed by atoms with van der Waals surface area (Å²) in [6, 6.07) is 6.97. The lowest BCUT2D eigenvalue weighted by molar-refractivity contribution is 0.892. The molecule has 0 radical (unpaired) electrons. The lowest BCUT2D eigenvalue weighted by Crippen LogP contribution is -2.22. The third-order valence-corrected chi connectivity index (χ3v) is 3.50. The van der Waals surface area contributed by atoms with E-state index in [2.05, 4.69) is 30.4 Å². The smallest absolute Gasteiger partial charge is 0.0483 e. The van der Waals surface area contributed by atoms with Crippen LogP contribution < -0.4 is 11.1 Å². The molecular weight excluding hydrogens is 180 g/mol. The van der Waals surface area contributed by atoms with Crippen molar-refractivity contribution >= 4 is 17.4 Å². The van der Waals surface area contributed by atoms with Crippen LogP contribution in [0.3, 0.4) is 0 Å². The first kappa shape index (κ1) is 8.91. The van der Waals surface area contributed by atoms with Gasteiger partial charge in [-0.05, 0) is 24.6 Å². The maximum absolute atomic E-state index is 5.58. The average molecular weight is 194 g/mol. The maximum atomic E-state index is 5.58. The van der Waals surface area contributed by atoms with Crippen molar-refractivity contribution < 1.29 is 0 Å². The molecule has 1 aromatic carbocycles. The van der Waals surface area contributed by atoms with Gasteiger partial charge in [0, 0.05) is 28.9 Å². The van der Waals surface area contributed by atoms with Crippen molar-refractivity contribution in [1.82, 2.24) is 0 Å². The van der Waals surface area contributed by atoms with Gasteiger partial charge in [-0.15, -0.1) is 11.8 Å². The Bertz CT molecular complexity index is 312. The molecule has 1 atom stereocenters. The lowest BCUT2D eigenvalue weighted by atomic mass is 10.2. The first-order valence-corrected chi connectivity index (χ1v) is 5.50. The number of rotatable bonds is 1. The molecule has 1 aromatic rings. The Labute approximate surface area is 82.9 Å².